The van der Waals surface area contributed by atoms with Crippen LogP contribution in [0, 0.1) is 17.8 Å². The third kappa shape index (κ3) is 6.50. The number of carbonyl (C=O) groups excluding carboxylic acids is 1. The van der Waals surface area contributed by atoms with Crippen LogP contribution in [0.4, 0.5) is 0 Å². The van der Waals surface area contributed by atoms with Gasteiger partial charge in [-0.2, -0.15) is 0 Å². The van der Waals surface area contributed by atoms with Crippen LogP contribution in [-0.2, 0) is 4.79 Å². The fourth-order valence-corrected chi connectivity index (χ4v) is 1.24. The molecule has 0 spiro atoms. The lowest BCUT2D eigenvalue weighted by atomic mass is 9.97. The minimum absolute atomic E-state index is 0.108. The van der Waals surface area contributed by atoms with Gasteiger partial charge in [-0.05, 0) is 31.2 Å². The molecule has 0 bridgehead atoms. The molecule has 0 heterocycles. The van der Waals surface area contributed by atoms with Crippen molar-refractivity contribution < 1.29 is 4.79 Å². The summed E-state index contributed by atoms with van der Waals surface area (Å²) in [5.41, 5.74) is 5.51. The van der Waals surface area contributed by atoms with Gasteiger partial charge in [-0.1, -0.05) is 27.7 Å². The first-order valence-corrected chi connectivity index (χ1v) is 5.96. The highest BCUT2D eigenvalue weighted by Crippen LogP contribution is 2.09. The summed E-state index contributed by atoms with van der Waals surface area (Å²) in [5, 5.41) is 2.96. The maximum Gasteiger partial charge on any atom is 0.223 e. The molecule has 90 valence electrons. The van der Waals surface area contributed by atoms with Crippen molar-refractivity contribution >= 4 is 5.91 Å². The van der Waals surface area contributed by atoms with Crippen molar-refractivity contribution in [3.05, 3.63) is 0 Å². The Morgan fingerprint density at radius 1 is 1.27 bits per heavy atom. The molecule has 0 saturated carbocycles. The molecule has 3 N–H and O–H groups in total. The molecular weight excluding hydrogens is 188 g/mol. The van der Waals surface area contributed by atoms with E-state index in [0.29, 0.717) is 11.8 Å². The van der Waals surface area contributed by atoms with Crippen LogP contribution in [0.25, 0.3) is 0 Å². The van der Waals surface area contributed by atoms with Gasteiger partial charge in [-0.25, -0.2) is 0 Å². The van der Waals surface area contributed by atoms with E-state index in [-0.39, 0.29) is 11.8 Å². The third-order valence-corrected chi connectivity index (χ3v) is 2.99. The van der Waals surface area contributed by atoms with Gasteiger partial charge in [0.05, 0.1) is 0 Å². The van der Waals surface area contributed by atoms with Crippen LogP contribution < -0.4 is 11.1 Å². The summed E-state index contributed by atoms with van der Waals surface area (Å²) in [6, 6.07) is 0. The van der Waals surface area contributed by atoms with Crippen LogP contribution in [0.1, 0.15) is 40.5 Å². The topological polar surface area (TPSA) is 55.1 Å². The highest BCUT2D eigenvalue weighted by Gasteiger charge is 2.15. The van der Waals surface area contributed by atoms with E-state index in [0.717, 1.165) is 25.9 Å². The molecule has 1 amide bonds. The minimum atomic E-state index is 0.108. The van der Waals surface area contributed by atoms with Crippen LogP contribution in [0.3, 0.4) is 0 Å². The molecule has 2 unspecified atom stereocenters. The predicted octanol–water partition coefficient (Wildman–Crippen LogP) is 1.77. The zero-order valence-corrected chi connectivity index (χ0v) is 10.5. The van der Waals surface area contributed by atoms with Gasteiger partial charge in [-0.15, -0.1) is 0 Å². The van der Waals surface area contributed by atoms with E-state index >= 15 is 0 Å². The number of rotatable bonds is 7. The van der Waals surface area contributed by atoms with Gasteiger partial charge in [-0.3, -0.25) is 4.79 Å². The maximum atomic E-state index is 11.6. The van der Waals surface area contributed by atoms with Crippen molar-refractivity contribution in [3.8, 4) is 0 Å². The number of hydrogen-bond acceptors (Lipinski definition) is 2. The standard InChI is InChI=1S/C12H26N2O/c1-9(2)11(4)12(15)14-7-5-6-10(3)8-13/h9-11H,5-8,13H2,1-4H3,(H,14,15). The largest absolute Gasteiger partial charge is 0.356 e. The summed E-state index contributed by atoms with van der Waals surface area (Å²) >= 11 is 0. The van der Waals surface area contributed by atoms with Crippen LogP contribution >= 0.6 is 0 Å². The molecule has 0 saturated heterocycles. The van der Waals surface area contributed by atoms with Crippen LogP contribution in [-0.4, -0.2) is 19.0 Å². The molecule has 15 heavy (non-hydrogen) atoms. The number of hydrogen-bond donors (Lipinski definition) is 2. The van der Waals surface area contributed by atoms with Gasteiger partial charge >= 0.3 is 0 Å². The molecule has 0 aliphatic rings. The van der Waals surface area contributed by atoms with E-state index in [2.05, 4.69) is 26.1 Å². The van der Waals surface area contributed by atoms with Gasteiger partial charge in [0.1, 0.15) is 0 Å². The summed E-state index contributed by atoms with van der Waals surface area (Å²) in [6.45, 7) is 9.76. The summed E-state index contributed by atoms with van der Waals surface area (Å²) in [5.74, 6) is 1.25. The number of amides is 1. The summed E-state index contributed by atoms with van der Waals surface area (Å²) in [4.78, 5) is 11.6. The number of nitrogens with two attached hydrogens (primary N) is 1. The lowest BCUT2D eigenvalue weighted by molar-refractivity contribution is -0.125. The van der Waals surface area contributed by atoms with Crippen LogP contribution in [0.2, 0.25) is 0 Å². The van der Waals surface area contributed by atoms with Gasteiger partial charge in [0.25, 0.3) is 0 Å². The Kier molecular flexibility index (Phi) is 7.39. The van der Waals surface area contributed by atoms with Crippen LogP contribution in [0.5, 0.6) is 0 Å². The Morgan fingerprint density at radius 2 is 1.87 bits per heavy atom. The summed E-state index contributed by atoms with van der Waals surface area (Å²) < 4.78 is 0. The van der Waals surface area contributed by atoms with E-state index < -0.39 is 0 Å². The second-order valence-electron chi connectivity index (χ2n) is 4.81. The second-order valence-corrected chi connectivity index (χ2v) is 4.81. The normalized spacial score (nSPS) is 15.1. The summed E-state index contributed by atoms with van der Waals surface area (Å²) in [6.07, 6.45) is 2.11. The van der Waals surface area contributed by atoms with E-state index in [4.69, 9.17) is 5.73 Å². The molecule has 0 radical (unpaired) electrons. The molecule has 0 aromatic rings. The van der Waals surface area contributed by atoms with Crippen molar-refractivity contribution in [1.82, 2.24) is 5.32 Å². The van der Waals surface area contributed by atoms with E-state index in [1.165, 1.54) is 0 Å². The Bertz CT molecular complexity index is 180. The first-order chi connectivity index (χ1) is 6.99. The van der Waals surface area contributed by atoms with E-state index in [1.54, 1.807) is 0 Å². The average Bonchev–Trinajstić information content (AvgIpc) is 2.22. The molecule has 0 rings (SSSR count). The van der Waals surface area contributed by atoms with Crippen molar-refractivity contribution in [2.24, 2.45) is 23.5 Å². The highest BCUT2D eigenvalue weighted by atomic mass is 16.1. The molecular formula is C12H26N2O. The maximum absolute atomic E-state index is 11.6. The SMILES string of the molecule is CC(CN)CCCNC(=O)C(C)C(C)C. The molecule has 0 aliphatic carbocycles. The first kappa shape index (κ1) is 14.4. The Hall–Kier alpha value is -0.570. The highest BCUT2D eigenvalue weighted by molar-refractivity contribution is 5.78. The van der Waals surface area contributed by atoms with Crippen molar-refractivity contribution in [1.29, 1.82) is 0 Å². The van der Waals surface area contributed by atoms with Crippen LogP contribution in [0.15, 0.2) is 0 Å². The van der Waals surface area contributed by atoms with Gasteiger partial charge in [0, 0.05) is 12.5 Å². The smallest absolute Gasteiger partial charge is 0.223 e. The quantitative estimate of drug-likeness (QED) is 0.635. The Morgan fingerprint density at radius 3 is 2.33 bits per heavy atom. The molecule has 3 heteroatoms. The Labute approximate surface area is 93.8 Å². The Balaban J connectivity index is 3.55. The minimum Gasteiger partial charge on any atom is -0.356 e. The van der Waals surface area contributed by atoms with E-state index in [9.17, 15) is 4.79 Å². The van der Waals surface area contributed by atoms with E-state index in [1.807, 2.05) is 6.92 Å². The average molecular weight is 214 g/mol. The second kappa shape index (κ2) is 7.69. The zero-order chi connectivity index (χ0) is 11.8. The fourth-order valence-electron chi connectivity index (χ4n) is 1.24. The molecule has 0 aliphatic heterocycles. The summed E-state index contributed by atoms with van der Waals surface area (Å²) in [7, 11) is 0. The predicted molar refractivity (Wildman–Crippen MR) is 64.5 cm³/mol. The van der Waals surface area contributed by atoms with Crippen molar-refractivity contribution in [2.75, 3.05) is 13.1 Å². The lowest BCUT2D eigenvalue weighted by Gasteiger charge is -2.15. The third-order valence-electron chi connectivity index (χ3n) is 2.99. The molecule has 3 nitrogen and oxygen atoms in total. The molecule has 0 fully saturated rings. The monoisotopic (exact) mass is 214 g/mol. The number of carbonyl (C=O) groups is 1. The fraction of sp³-hybridized carbons (Fsp3) is 0.917. The molecule has 2 atom stereocenters. The molecule has 0 aromatic carbocycles. The van der Waals surface area contributed by atoms with Crippen molar-refractivity contribution in [2.45, 2.75) is 40.5 Å². The first-order valence-electron chi connectivity index (χ1n) is 5.96. The lowest BCUT2D eigenvalue weighted by Crippen LogP contribution is -2.32. The van der Waals surface area contributed by atoms with Gasteiger partial charge in [0.15, 0.2) is 0 Å². The zero-order valence-electron chi connectivity index (χ0n) is 10.5. The van der Waals surface area contributed by atoms with Gasteiger partial charge in [0.2, 0.25) is 5.91 Å². The van der Waals surface area contributed by atoms with Gasteiger partial charge < -0.3 is 11.1 Å². The van der Waals surface area contributed by atoms with Crippen molar-refractivity contribution in [3.63, 3.8) is 0 Å². The molecule has 0 aromatic heterocycles. The number of nitrogens with one attached hydrogen (secondary N) is 1.